The molecule has 142 valence electrons. The number of hydrogen-bond donors (Lipinski definition) is 3. The Morgan fingerprint density at radius 1 is 1.04 bits per heavy atom. The van der Waals surface area contributed by atoms with E-state index in [0.29, 0.717) is 5.69 Å². The zero-order valence-electron chi connectivity index (χ0n) is 14.6. The van der Waals surface area contributed by atoms with Crippen molar-refractivity contribution in [2.75, 3.05) is 10.6 Å². The van der Waals surface area contributed by atoms with Crippen molar-refractivity contribution in [2.45, 2.75) is 19.8 Å². The summed E-state index contributed by atoms with van der Waals surface area (Å²) in [4.78, 5) is 24.9. The second-order valence-electron chi connectivity index (χ2n) is 6.07. The van der Waals surface area contributed by atoms with Crippen molar-refractivity contribution in [1.29, 1.82) is 5.41 Å². The molecule has 0 aromatic heterocycles. The largest absolute Gasteiger partial charge is 0.325 e. The highest BCUT2D eigenvalue weighted by Crippen LogP contribution is 2.28. The van der Waals surface area contributed by atoms with E-state index < -0.39 is 23.7 Å². The molecule has 0 aliphatic carbocycles. The van der Waals surface area contributed by atoms with Gasteiger partial charge in [0, 0.05) is 34.0 Å². The number of rotatable bonds is 6. The van der Waals surface area contributed by atoms with Crippen molar-refractivity contribution in [3.05, 3.63) is 58.6 Å². The SMILES string of the molecule is CC(=N)C(C(=O)Nc1ccc(Br)cc1)C(=O)Nc1cccc(C(C)(F)F)c1. The van der Waals surface area contributed by atoms with Crippen molar-refractivity contribution in [3.63, 3.8) is 0 Å². The Kier molecular flexibility index (Phi) is 6.43. The van der Waals surface area contributed by atoms with Crippen LogP contribution in [0.1, 0.15) is 19.4 Å². The third-order valence-electron chi connectivity index (χ3n) is 3.71. The molecule has 1 atom stereocenters. The van der Waals surface area contributed by atoms with Gasteiger partial charge in [-0.1, -0.05) is 28.1 Å². The van der Waals surface area contributed by atoms with Crippen LogP contribution in [0.2, 0.25) is 0 Å². The van der Waals surface area contributed by atoms with Gasteiger partial charge in [0.1, 0.15) is 0 Å². The van der Waals surface area contributed by atoms with E-state index in [2.05, 4.69) is 26.6 Å². The standard InChI is InChI=1S/C19H18BrF2N3O2/c1-11(23)16(17(26)24-14-8-6-13(20)7-9-14)18(27)25-15-5-3-4-12(10-15)19(2,21)22/h3-10,16,23H,1-2H3,(H,24,26)(H,25,27). The van der Waals surface area contributed by atoms with E-state index in [4.69, 9.17) is 5.41 Å². The molecule has 27 heavy (non-hydrogen) atoms. The van der Waals surface area contributed by atoms with Crippen LogP contribution in [0.4, 0.5) is 20.2 Å². The molecule has 0 heterocycles. The smallest absolute Gasteiger partial charge is 0.270 e. The number of anilines is 2. The molecule has 5 nitrogen and oxygen atoms in total. The summed E-state index contributed by atoms with van der Waals surface area (Å²) < 4.78 is 27.7. The number of nitrogens with one attached hydrogen (secondary N) is 3. The van der Waals surface area contributed by atoms with E-state index in [-0.39, 0.29) is 17.0 Å². The molecule has 2 amide bonds. The fourth-order valence-corrected chi connectivity index (χ4v) is 2.61. The van der Waals surface area contributed by atoms with E-state index in [1.165, 1.54) is 25.1 Å². The molecular formula is C19H18BrF2N3O2. The van der Waals surface area contributed by atoms with E-state index in [9.17, 15) is 18.4 Å². The molecule has 0 bridgehead atoms. The van der Waals surface area contributed by atoms with Crippen LogP contribution in [-0.4, -0.2) is 17.5 Å². The fraction of sp³-hybridized carbons (Fsp3) is 0.211. The molecule has 0 radical (unpaired) electrons. The van der Waals surface area contributed by atoms with Gasteiger partial charge in [0.25, 0.3) is 5.92 Å². The first kappa shape index (κ1) is 20.7. The van der Waals surface area contributed by atoms with Crippen LogP contribution in [0.15, 0.2) is 53.0 Å². The van der Waals surface area contributed by atoms with Gasteiger partial charge >= 0.3 is 0 Å². The third kappa shape index (κ3) is 5.68. The van der Waals surface area contributed by atoms with Crippen molar-refractivity contribution >= 4 is 44.8 Å². The van der Waals surface area contributed by atoms with Crippen LogP contribution in [-0.2, 0) is 15.5 Å². The molecule has 1 unspecified atom stereocenters. The lowest BCUT2D eigenvalue weighted by atomic mass is 10.0. The average Bonchev–Trinajstić information content (AvgIpc) is 2.56. The lowest BCUT2D eigenvalue weighted by Gasteiger charge is -2.17. The maximum absolute atomic E-state index is 13.4. The highest BCUT2D eigenvalue weighted by molar-refractivity contribution is 9.10. The summed E-state index contributed by atoms with van der Waals surface area (Å²) in [6.45, 7) is 2.09. The molecule has 3 N–H and O–H groups in total. The van der Waals surface area contributed by atoms with Gasteiger partial charge in [-0.2, -0.15) is 0 Å². The summed E-state index contributed by atoms with van der Waals surface area (Å²) in [5.41, 5.74) is 0.165. The predicted molar refractivity (Wildman–Crippen MR) is 104 cm³/mol. The lowest BCUT2D eigenvalue weighted by molar-refractivity contribution is -0.126. The number of hydrogen-bond acceptors (Lipinski definition) is 3. The van der Waals surface area contributed by atoms with Crippen LogP contribution < -0.4 is 10.6 Å². The van der Waals surface area contributed by atoms with Crippen LogP contribution in [0.5, 0.6) is 0 Å². The zero-order chi connectivity index (χ0) is 20.2. The number of carbonyl (C=O) groups excluding carboxylic acids is 2. The molecule has 8 heteroatoms. The van der Waals surface area contributed by atoms with Gasteiger partial charge in [0.05, 0.1) is 0 Å². The first-order valence-electron chi connectivity index (χ1n) is 7.98. The van der Waals surface area contributed by atoms with Crippen molar-refractivity contribution in [1.82, 2.24) is 0 Å². The van der Waals surface area contributed by atoms with Gasteiger partial charge in [-0.3, -0.25) is 9.59 Å². The summed E-state index contributed by atoms with van der Waals surface area (Å²) in [6, 6.07) is 11.9. The number of halogens is 3. The summed E-state index contributed by atoms with van der Waals surface area (Å²) >= 11 is 3.28. The summed E-state index contributed by atoms with van der Waals surface area (Å²) in [5.74, 6) is -5.90. The normalized spacial score (nSPS) is 12.2. The molecule has 2 aromatic rings. The molecular weight excluding hydrogens is 420 g/mol. The highest BCUT2D eigenvalue weighted by atomic mass is 79.9. The number of carbonyl (C=O) groups is 2. The van der Waals surface area contributed by atoms with Gasteiger partial charge in [-0.15, -0.1) is 0 Å². The van der Waals surface area contributed by atoms with Crippen LogP contribution in [0, 0.1) is 11.3 Å². The Balaban J connectivity index is 2.16. The Morgan fingerprint density at radius 3 is 2.11 bits per heavy atom. The maximum atomic E-state index is 13.4. The van der Waals surface area contributed by atoms with Crippen molar-refractivity contribution in [3.8, 4) is 0 Å². The van der Waals surface area contributed by atoms with E-state index in [1.54, 1.807) is 24.3 Å². The Bertz CT molecular complexity index is 864. The van der Waals surface area contributed by atoms with Gasteiger partial charge in [-0.05, 0) is 43.3 Å². The first-order chi connectivity index (χ1) is 12.6. The molecule has 2 rings (SSSR count). The summed E-state index contributed by atoms with van der Waals surface area (Å²) in [5, 5.41) is 12.8. The van der Waals surface area contributed by atoms with Gasteiger partial charge in [-0.25, -0.2) is 8.78 Å². The third-order valence-corrected chi connectivity index (χ3v) is 4.23. The van der Waals surface area contributed by atoms with Crippen LogP contribution in [0.25, 0.3) is 0 Å². The second kappa shape index (κ2) is 8.39. The summed E-state index contributed by atoms with van der Waals surface area (Å²) in [7, 11) is 0. The Morgan fingerprint density at radius 2 is 1.59 bits per heavy atom. The minimum atomic E-state index is -3.06. The van der Waals surface area contributed by atoms with Gasteiger partial charge < -0.3 is 16.0 Å². The second-order valence-corrected chi connectivity index (χ2v) is 6.99. The number of amides is 2. The predicted octanol–water partition coefficient (Wildman–Crippen LogP) is 4.79. The maximum Gasteiger partial charge on any atom is 0.270 e. The quantitative estimate of drug-likeness (QED) is 0.448. The van der Waals surface area contributed by atoms with Crippen molar-refractivity contribution in [2.24, 2.45) is 5.92 Å². The van der Waals surface area contributed by atoms with Crippen molar-refractivity contribution < 1.29 is 18.4 Å². The van der Waals surface area contributed by atoms with E-state index in [1.807, 2.05) is 0 Å². The highest BCUT2D eigenvalue weighted by Gasteiger charge is 2.30. The minimum Gasteiger partial charge on any atom is -0.325 e. The molecule has 0 saturated heterocycles. The van der Waals surface area contributed by atoms with Gasteiger partial charge in [0.15, 0.2) is 5.92 Å². The van der Waals surface area contributed by atoms with E-state index >= 15 is 0 Å². The van der Waals surface area contributed by atoms with Crippen LogP contribution >= 0.6 is 15.9 Å². The molecule has 0 spiro atoms. The zero-order valence-corrected chi connectivity index (χ0v) is 16.2. The average molecular weight is 438 g/mol. The first-order valence-corrected chi connectivity index (χ1v) is 8.78. The lowest BCUT2D eigenvalue weighted by Crippen LogP contribution is -2.38. The Labute approximate surface area is 163 Å². The minimum absolute atomic E-state index is 0.127. The number of benzene rings is 2. The number of alkyl halides is 2. The van der Waals surface area contributed by atoms with Crippen LogP contribution in [0.3, 0.4) is 0 Å². The molecule has 0 fully saturated rings. The molecule has 0 saturated carbocycles. The monoisotopic (exact) mass is 437 g/mol. The molecule has 0 aliphatic heterocycles. The molecule has 0 aliphatic rings. The van der Waals surface area contributed by atoms with E-state index in [0.717, 1.165) is 17.5 Å². The summed E-state index contributed by atoms with van der Waals surface area (Å²) in [6.07, 6.45) is 0. The fourth-order valence-electron chi connectivity index (χ4n) is 2.34. The topological polar surface area (TPSA) is 82.1 Å². The Hall–Kier alpha value is -2.61. The molecule has 2 aromatic carbocycles. The van der Waals surface area contributed by atoms with Gasteiger partial charge in [0.2, 0.25) is 11.8 Å².